The third kappa shape index (κ3) is 1.40. The summed E-state index contributed by atoms with van der Waals surface area (Å²) in [5.74, 6) is 1.98. The van der Waals surface area contributed by atoms with Gasteiger partial charge in [-0.1, -0.05) is 12.1 Å². The minimum atomic E-state index is 0.882. The molecule has 1 aromatic rings. The highest BCUT2D eigenvalue weighted by atomic mass is 32.2. The van der Waals surface area contributed by atoms with Crippen molar-refractivity contribution in [3.63, 3.8) is 0 Å². The average molecular weight is 230 g/mol. The Balaban J connectivity index is 1.71. The lowest BCUT2D eigenvalue weighted by Gasteiger charge is -2.18. The lowest BCUT2D eigenvalue weighted by Crippen LogP contribution is -2.08. The molecular formula is C14H14OS. The predicted octanol–water partition coefficient (Wildman–Crippen LogP) is 3.49. The van der Waals surface area contributed by atoms with Crippen LogP contribution in [0.1, 0.15) is 24.0 Å². The summed E-state index contributed by atoms with van der Waals surface area (Å²) in [6.45, 7) is 0.883. The van der Waals surface area contributed by atoms with Gasteiger partial charge in [-0.25, -0.2) is 0 Å². The van der Waals surface area contributed by atoms with Crippen molar-refractivity contribution in [1.29, 1.82) is 0 Å². The maximum atomic E-state index is 5.64. The van der Waals surface area contributed by atoms with Gasteiger partial charge in [0.1, 0.15) is 5.75 Å². The van der Waals surface area contributed by atoms with E-state index in [0.29, 0.717) is 0 Å². The Kier molecular flexibility index (Phi) is 1.89. The molecule has 1 nitrogen and oxygen atoms in total. The molecule has 4 rings (SSSR count). The van der Waals surface area contributed by atoms with E-state index in [4.69, 9.17) is 4.74 Å². The number of hydrogen-bond donors (Lipinski definition) is 0. The van der Waals surface area contributed by atoms with E-state index >= 15 is 0 Å². The third-order valence-electron chi connectivity index (χ3n) is 3.62. The minimum absolute atomic E-state index is 0.882. The van der Waals surface area contributed by atoms with Crippen LogP contribution < -0.4 is 4.74 Å². The van der Waals surface area contributed by atoms with Gasteiger partial charge < -0.3 is 4.74 Å². The predicted molar refractivity (Wildman–Crippen MR) is 67.7 cm³/mol. The molecule has 0 aromatic heterocycles. The zero-order chi connectivity index (χ0) is 10.5. The second-order valence-electron chi connectivity index (χ2n) is 4.86. The summed E-state index contributed by atoms with van der Waals surface area (Å²) in [6.07, 6.45) is 6.20. The van der Waals surface area contributed by atoms with Gasteiger partial charge in [-0.05, 0) is 48.4 Å². The van der Waals surface area contributed by atoms with Crippen molar-refractivity contribution in [3.8, 4) is 5.75 Å². The molecule has 1 fully saturated rings. The Bertz CT molecular complexity index is 478. The van der Waals surface area contributed by atoms with Crippen LogP contribution in [0, 0.1) is 5.92 Å². The minimum Gasteiger partial charge on any atom is -0.493 e. The van der Waals surface area contributed by atoms with E-state index in [9.17, 15) is 0 Å². The summed E-state index contributed by atoms with van der Waals surface area (Å²) in [7, 11) is 0. The molecule has 0 bridgehead atoms. The van der Waals surface area contributed by atoms with E-state index in [1.165, 1.54) is 28.9 Å². The normalized spacial score (nSPS) is 30.1. The SMILES string of the molecule is C1=C(c2ccc3c(c2)CCCO3)SC2CC12. The number of fused-ring (bicyclic) bond motifs is 2. The van der Waals surface area contributed by atoms with E-state index in [-0.39, 0.29) is 0 Å². The molecule has 0 amide bonds. The maximum Gasteiger partial charge on any atom is 0.122 e. The molecular weight excluding hydrogens is 216 g/mol. The van der Waals surface area contributed by atoms with Crippen LogP contribution in [0.15, 0.2) is 24.3 Å². The molecule has 1 aromatic carbocycles. The first-order chi connectivity index (χ1) is 7.90. The molecule has 2 unspecified atom stereocenters. The Labute approximate surface area is 99.9 Å². The highest BCUT2D eigenvalue weighted by Gasteiger charge is 2.42. The largest absolute Gasteiger partial charge is 0.493 e. The van der Waals surface area contributed by atoms with Crippen LogP contribution in [0.4, 0.5) is 0 Å². The quantitative estimate of drug-likeness (QED) is 0.730. The Hall–Kier alpha value is -0.890. The maximum absolute atomic E-state index is 5.64. The summed E-state index contributed by atoms with van der Waals surface area (Å²) >= 11 is 2.06. The van der Waals surface area contributed by atoms with Crippen molar-refractivity contribution in [2.75, 3.05) is 6.61 Å². The third-order valence-corrected chi connectivity index (χ3v) is 5.09. The molecule has 2 heterocycles. The standard InChI is InChI=1S/C14H14OS/c1-2-9-6-10(3-4-12(9)15-5-1)13-7-11-8-14(11)16-13/h3-4,6-7,11,14H,1-2,5,8H2. The fraction of sp³-hybridized carbons (Fsp3) is 0.429. The number of aryl methyl sites for hydroxylation is 1. The lowest BCUT2D eigenvalue weighted by molar-refractivity contribution is 0.288. The number of benzene rings is 1. The zero-order valence-corrected chi connectivity index (χ0v) is 9.93. The van der Waals surface area contributed by atoms with Gasteiger partial charge in [0.25, 0.3) is 0 Å². The van der Waals surface area contributed by atoms with Crippen molar-refractivity contribution >= 4 is 16.7 Å². The monoisotopic (exact) mass is 230 g/mol. The molecule has 0 N–H and O–H groups in total. The topological polar surface area (TPSA) is 9.23 Å². The van der Waals surface area contributed by atoms with Crippen molar-refractivity contribution in [3.05, 3.63) is 35.4 Å². The van der Waals surface area contributed by atoms with Gasteiger partial charge in [-0.2, -0.15) is 0 Å². The van der Waals surface area contributed by atoms with E-state index < -0.39 is 0 Å². The molecule has 1 saturated carbocycles. The molecule has 3 aliphatic rings. The number of rotatable bonds is 1. The fourth-order valence-electron chi connectivity index (χ4n) is 2.58. The summed E-state index contributed by atoms with van der Waals surface area (Å²) in [6, 6.07) is 6.70. The highest BCUT2D eigenvalue weighted by molar-refractivity contribution is 8.09. The van der Waals surface area contributed by atoms with E-state index in [1.807, 2.05) is 0 Å². The van der Waals surface area contributed by atoms with Crippen molar-refractivity contribution in [2.24, 2.45) is 5.92 Å². The lowest BCUT2D eigenvalue weighted by atomic mass is 10.0. The van der Waals surface area contributed by atoms with Crippen LogP contribution >= 0.6 is 11.8 Å². The molecule has 2 aliphatic heterocycles. The molecule has 1 aliphatic carbocycles. The van der Waals surface area contributed by atoms with Crippen LogP contribution in [0.5, 0.6) is 5.75 Å². The molecule has 0 saturated heterocycles. The molecule has 0 radical (unpaired) electrons. The molecule has 2 atom stereocenters. The average Bonchev–Trinajstić information content (AvgIpc) is 2.96. The first-order valence-electron chi connectivity index (χ1n) is 6.05. The Morgan fingerprint density at radius 3 is 3.19 bits per heavy atom. The highest BCUT2D eigenvalue weighted by Crippen LogP contribution is 2.56. The molecule has 16 heavy (non-hydrogen) atoms. The van der Waals surface area contributed by atoms with E-state index in [0.717, 1.165) is 29.9 Å². The first-order valence-corrected chi connectivity index (χ1v) is 6.93. The number of hydrogen-bond acceptors (Lipinski definition) is 2. The van der Waals surface area contributed by atoms with Gasteiger partial charge >= 0.3 is 0 Å². The van der Waals surface area contributed by atoms with Gasteiger partial charge in [0.15, 0.2) is 0 Å². The fourth-order valence-corrected chi connectivity index (χ4v) is 3.99. The van der Waals surface area contributed by atoms with E-state index in [2.05, 4.69) is 36.0 Å². The zero-order valence-electron chi connectivity index (χ0n) is 9.11. The molecule has 2 heteroatoms. The van der Waals surface area contributed by atoms with Crippen LogP contribution in [0.25, 0.3) is 4.91 Å². The van der Waals surface area contributed by atoms with Crippen molar-refractivity contribution in [1.82, 2.24) is 0 Å². The number of allylic oxidation sites excluding steroid dienone is 1. The van der Waals surface area contributed by atoms with Gasteiger partial charge in [0, 0.05) is 10.2 Å². The summed E-state index contributed by atoms with van der Waals surface area (Å²) in [4.78, 5) is 1.50. The van der Waals surface area contributed by atoms with E-state index in [1.54, 1.807) is 0 Å². The van der Waals surface area contributed by atoms with Gasteiger partial charge in [-0.15, -0.1) is 11.8 Å². The second-order valence-corrected chi connectivity index (χ2v) is 6.14. The molecule has 0 spiro atoms. The Morgan fingerprint density at radius 2 is 2.31 bits per heavy atom. The number of thioether (sulfide) groups is 1. The van der Waals surface area contributed by atoms with Crippen molar-refractivity contribution < 1.29 is 4.74 Å². The van der Waals surface area contributed by atoms with Crippen LogP contribution in [0.2, 0.25) is 0 Å². The van der Waals surface area contributed by atoms with Crippen LogP contribution in [-0.2, 0) is 6.42 Å². The summed E-state index contributed by atoms with van der Waals surface area (Å²) in [5, 5.41) is 0.905. The number of ether oxygens (including phenoxy) is 1. The molecule has 82 valence electrons. The first kappa shape index (κ1) is 9.17. The second kappa shape index (κ2) is 3.30. The van der Waals surface area contributed by atoms with Crippen molar-refractivity contribution in [2.45, 2.75) is 24.5 Å². The van der Waals surface area contributed by atoms with Gasteiger partial charge in [0.05, 0.1) is 6.61 Å². The Morgan fingerprint density at radius 1 is 1.31 bits per heavy atom. The summed E-state index contributed by atoms with van der Waals surface area (Å²) in [5.41, 5.74) is 2.80. The van der Waals surface area contributed by atoms with Gasteiger partial charge in [0.2, 0.25) is 0 Å². The smallest absolute Gasteiger partial charge is 0.122 e. The van der Waals surface area contributed by atoms with Crippen LogP contribution in [-0.4, -0.2) is 11.9 Å². The van der Waals surface area contributed by atoms with Crippen LogP contribution in [0.3, 0.4) is 0 Å². The summed E-state index contributed by atoms with van der Waals surface area (Å²) < 4.78 is 5.64. The van der Waals surface area contributed by atoms with Gasteiger partial charge in [-0.3, -0.25) is 0 Å².